The lowest BCUT2D eigenvalue weighted by Crippen LogP contribution is -2.37. The van der Waals surface area contributed by atoms with E-state index < -0.39 is 0 Å². The van der Waals surface area contributed by atoms with Gasteiger partial charge in [-0.3, -0.25) is 4.79 Å². The third-order valence-electron chi connectivity index (χ3n) is 2.77. The molecule has 0 atom stereocenters. The molecule has 0 heterocycles. The number of rotatable bonds is 6. The molecule has 0 saturated heterocycles. The number of nitrogens with one attached hydrogen (secondary N) is 1. The van der Waals surface area contributed by atoms with Gasteiger partial charge >= 0.3 is 0 Å². The first kappa shape index (κ1) is 15.3. The Kier molecular flexibility index (Phi) is 6.17. The van der Waals surface area contributed by atoms with Crippen LogP contribution in [0.1, 0.15) is 32.3 Å². The second kappa shape index (κ2) is 7.65. The van der Waals surface area contributed by atoms with Crippen LogP contribution < -0.4 is 10.1 Å². The summed E-state index contributed by atoms with van der Waals surface area (Å²) in [5.41, 5.74) is 0.457. The minimum atomic E-state index is -0.172. The lowest BCUT2D eigenvalue weighted by molar-refractivity contribution is -0.123. The van der Waals surface area contributed by atoms with Crippen LogP contribution in [0.5, 0.6) is 5.75 Å². The first-order valence-corrected chi connectivity index (χ1v) is 6.60. The quantitative estimate of drug-likeness (QED) is 0.871. The SMILES string of the molecule is CCC(CC)NC(=O)COc1ccc(C#N)cc1Cl. The smallest absolute Gasteiger partial charge is 0.258 e. The molecule has 102 valence electrons. The predicted molar refractivity (Wildman–Crippen MR) is 74.2 cm³/mol. The van der Waals surface area contributed by atoms with Crippen molar-refractivity contribution in [3.63, 3.8) is 0 Å². The van der Waals surface area contributed by atoms with Crippen molar-refractivity contribution < 1.29 is 9.53 Å². The molecule has 0 aromatic heterocycles. The van der Waals surface area contributed by atoms with Crippen LogP contribution in [0, 0.1) is 11.3 Å². The molecular formula is C14H17ClN2O2. The summed E-state index contributed by atoms with van der Waals surface area (Å²) in [6, 6.07) is 6.85. The molecule has 0 saturated carbocycles. The second-order valence-electron chi connectivity index (χ2n) is 4.13. The second-order valence-corrected chi connectivity index (χ2v) is 4.53. The summed E-state index contributed by atoms with van der Waals surface area (Å²) in [4.78, 5) is 11.6. The van der Waals surface area contributed by atoms with E-state index in [4.69, 9.17) is 21.6 Å². The van der Waals surface area contributed by atoms with Crippen LogP contribution in [0.4, 0.5) is 0 Å². The van der Waals surface area contributed by atoms with E-state index in [-0.39, 0.29) is 18.6 Å². The van der Waals surface area contributed by atoms with E-state index in [2.05, 4.69) is 5.32 Å². The average molecular weight is 281 g/mol. The fourth-order valence-electron chi connectivity index (χ4n) is 1.59. The lowest BCUT2D eigenvalue weighted by Gasteiger charge is -2.15. The molecule has 0 bridgehead atoms. The number of amides is 1. The molecule has 0 aliphatic carbocycles. The molecule has 1 aromatic rings. The van der Waals surface area contributed by atoms with E-state index in [1.54, 1.807) is 12.1 Å². The van der Waals surface area contributed by atoms with Gasteiger partial charge in [-0.15, -0.1) is 0 Å². The van der Waals surface area contributed by atoms with Gasteiger partial charge in [0.15, 0.2) is 6.61 Å². The number of benzene rings is 1. The van der Waals surface area contributed by atoms with Gasteiger partial charge in [-0.2, -0.15) is 5.26 Å². The number of halogens is 1. The summed E-state index contributed by atoms with van der Waals surface area (Å²) >= 11 is 5.94. The fourth-order valence-corrected chi connectivity index (χ4v) is 1.83. The highest BCUT2D eigenvalue weighted by molar-refractivity contribution is 6.32. The van der Waals surface area contributed by atoms with Gasteiger partial charge in [0.2, 0.25) is 0 Å². The highest BCUT2D eigenvalue weighted by Gasteiger charge is 2.10. The minimum Gasteiger partial charge on any atom is -0.482 e. The fraction of sp³-hybridized carbons (Fsp3) is 0.429. The number of nitrogens with zero attached hydrogens (tertiary/aromatic N) is 1. The highest BCUT2D eigenvalue weighted by Crippen LogP contribution is 2.25. The summed E-state index contributed by atoms with van der Waals surface area (Å²) in [5.74, 6) is 0.231. The molecule has 1 N–H and O–H groups in total. The maximum atomic E-state index is 11.6. The molecule has 4 nitrogen and oxygen atoms in total. The molecule has 1 aromatic carbocycles. The lowest BCUT2D eigenvalue weighted by atomic mass is 10.2. The first-order valence-electron chi connectivity index (χ1n) is 6.22. The zero-order valence-corrected chi connectivity index (χ0v) is 11.8. The van der Waals surface area contributed by atoms with Gasteiger partial charge in [0.25, 0.3) is 5.91 Å². The Labute approximate surface area is 118 Å². The van der Waals surface area contributed by atoms with Gasteiger partial charge in [0, 0.05) is 6.04 Å². The van der Waals surface area contributed by atoms with Crippen molar-refractivity contribution in [3.05, 3.63) is 28.8 Å². The van der Waals surface area contributed by atoms with Crippen LogP contribution in [-0.4, -0.2) is 18.6 Å². The van der Waals surface area contributed by atoms with Crippen LogP contribution in [0.2, 0.25) is 5.02 Å². The summed E-state index contributed by atoms with van der Waals surface area (Å²) in [6.07, 6.45) is 1.78. The normalized spacial score (nSPS) is 10.1. The number of ether oxygens (including phenoxy) is 1. The molecule has 0 radical (unpaired) electrons. The van der Waals surface area contributed by atoms with Crippen LogP contribution in [0.25, 0.3) is 0 Å². The Balaban J connectivity index is 2.53. The molecule has 0 unspecified atom stereocenters. The Bertz CT molecular complexity index is 479. The van der Waals surface area contributed by atoms with Gasteiger partial charge in [0.1, 0.15) is 5.75 Å². The third kappa shape index (κ3) is 4.80. The van der Waals surface area contributed by atoms with Crippen molar-refractivity contribution in [1.82, 2.24) is 5.32 Å². The largest absolute Gasteiger partial charge is 0.482 e. The van der Waals surface area contributed by atoms with E-state index in [0.717, 1.165) is 12.8 Å². The molecular weight excluding hydrogens is 264 g/mol. The summed E-state index contributed by atoms with van der Waals surface area (Å²) in [6.45, 7) is 3.96. The van der Waals surface area contributed by atoms with E-state index in [1.165, 1.54) is 6.07 Å². The number of nitriles is 1. The van der Waals surface area contributed by atoms with Crippen LogP contribution in [0.15, 0.2) is 18.2 Å². The molecule has 0 aliphatic heterocycles. The van der Waals surface area contributed by atoms with Crippen LogP contribution in [-0.2, 0) is 4.79 Å². The molecule has 1 rings (SSSR count). The van der Waals surface area contributed by atoms with Gasteiger partial charge in [0.05, 0.1) is 16.7 Å². The van der Waals surface area contributed by atoms with Crippen LogP contribution >= 0.6 is 11.6 Å². The molecule has 19 heavy (non-hydrogen) atoms. The van der Waals surface area contributed by atoms with E-state index in [1.807, 2.05) is 19.9 Å². The topological polar surface area (TPSA) is 62.1 Å². The Morgan fingerprint density at radius 3 is 2.68 bits per heavy atom. The van der Waals surface area contributed by atoms with Crippen molar-refractivity contribution in [1.29, 1.82) is 5.26 Å². The van der Waals surface area contributed by atoms with E-state index >= 15 is 0 Å². The Hall–Kier alpha value is -1.73. The van der Waals surface area contributed by atoms with E-state index in [9.17, 15) is 4.79 Å². The zero-order chi connectivity index (χ0) is 14.3. The number of carbonyl (C=O) groups excluding carboxylic acids is 1. The molecule has 1 amide bonds. The molecule has 0 aliphatic rings. The number of hydrogen-bond acceptors (Lipinski definition) is 3. The predicted octanol–water partition coefficient (Wildman–Crippen LogP) is 2.90. The van der Waals surface area contributed by atoms with Gasteiger partial charge in [-0.1, -0.05) is 25.4 Å². The van der Waals surface area contributed by atoms with Crippen molar-refractivity contribution in [2.75, 3.05) is 6.61 Å². The third-order valence-corrected chi connectivity index (χ3v) is 3.07. The molecule has 0 spiro atoms. The average Bonchev–Trinajstić information content (AvgIpc) is 2.43. The van der Waals surface area contributed by atoms with Gasteiger partial charge < -0.3 is 10.1 Å². The summed E-state index contributed by atoms with van der Waals surface area (Å²) in [7, 11) is 0. The maximum absolute atomic E-state index is 11.6. The zero-order valence-electron chi connectivity index (χ0n) is 11.1. The van der Waals surface area contributed by atoms with Crippen molar-refractivity contribution in [2.24, 2.45) is 0 Å². The van der Waals surface area contributed by atoms with Gasteiger partial charge in [-0.05, 0) is 31.0 Å². The van der Waals surface area contributed by atoms with Crippen molar-refractivity contribution in [2.45, 2.75) is 32.7 Å². The summed E-state index contributed by atoms with van der Waals surface area (Å²) in [5, 5.41) is 11.9. The Morgan fingerprint density at radius 1 is 1.47 bits per heavy atom. The first-order chi connectivity index (χ1) is 9.10. The van der Waals surface area contributed by atoms with Gasteiger partial charge in [-0.25, -0.2) is 0 Å². The standard InChI is InChI=1S/C14H17ClN2O2/c1-3-11(4-2)17-14(18)9-19-13-6-5-10(8-16)7-12(13)15/h5-7,11H,3-4,9H2,1-2H3,(H,17,18). The minimum absolute atomic E-state index is 0.0812. The number of hydrogen-bond donors (Lipinski definition) is 1. The maximum Gasteiger partial charge on any atom is 0.258 e. The molecule has 0 fully saturated rings. The summed E-state index contributed by atoms with van der Waals surface area (Å²) < 4.78 is 5.33. The van der Waals surface area contributed by atoms with E-state index in [0.29, 0.717) is 16.3 Å². The van der Waals surface area contributed by atoms with Crippen molar-refractivity contribution in [3.8, 4) is 11.8 Å². The molecule has 5 heteroatoms. The van der Waals surface area contributed by atoms with Crippen molar-refractivity contribution >= 4 is 17.5 Å². The highest BCUT2D eigenvalue weighted by atomic mass is 35.5. The van der Waals surface area contributed by atoms with Crippen LogP contribution in [0.3, 0.4) is 0 Å². The monoisotopic (exact) mass is 280 g/mol. The Morgan fingerprint density at radius 2 is 2.16 bits per heavy atom. The number of carbonyl (C=O) groups is 1.